The summed E-state index contributed by atoms with van der Waals surface area (Å²) in [5.74, 6) is 0.696. The maximum absolute atomic E-state index is 13.0. The van der Waals surface area contributed by atoms with Gasteiger partial charge in [-0.3, -0.25) is 0 Å². The molecular weight excluding hydrogens is 429 g/mol. The number of fused-ring (bicyclic) bond motifs is 2. The molecule has 1 aliphatic carbocycles. The lowest BCUT2D eigenvalue weighted by atomic mass is 9.86. The van der Waals surface area contributed by atoms with Crippen molar-refractivity contribution in [1.29, 1.82) is 0 Å². The lowest BCUT2D eigenvalue weighted by molar-refractivity contribution is -0.136. The number of rotatable bonds is 4. The van der Waals surface area contributed by atoms with Gasteiger partial charge in [0.05, 0.1) is 11.7 Å². The molecule has 1 N–H and O–H groups in total. The van der Waals surface area contributed by atoms with E-state index in [-0.39, 0.29) is 25.1 Å². The average Bonchev–Trinajstić information content (AvgIpc) is 2.62. The van der Waals surface area contributed by atoms with E-state index in [1.807, 2.05) is 19.1 Å². The molecule has 2 atom stereocenters. The first-order chi connectivity index (χ1) is 14.3. The van der Waals surface area contributed by atoms with E-state index in [4.69, 9.17) is 21.7 Å². The molecule has 1 aliphatic heterocycles. The van der Waals surface area contributed by atoms with Crippen molar-refractivity contribution in [2.75, 3.05) is 11.9 Å². The highest BCUT2D eigenvalue weighted by Crippen LogP contribution is 2.42. The molecule has 0 bridgehead atoms. The average molecular weight is 459 g/mol. The smallest absolute Gasteiger partial charge is 0.410 e. The number of anilines is 1. The van der Waals surface area contributed by atoms with Gasteiger partial charge in [0.2, 0.25) is 0 Å². The van der Waals surface area contributed by atoms with Crippen molar-refractivity contribution >= 4 is 29.0 Å². The lowest BCUT2D eigenvalue weighted by Gasteiger charge is -2.38. The third-order valence-electron chi connectivity index (χ3n) is 5.32. The second kappa shape index (κ2) is 8.84. The molecule has 172 valence electrons. The van der Waals surface area contributed by atoms with Crippen molar-refractivity contribution in [3.8, 4) is 5.75 Å². The van der Waals surface area contributed by atoms with Gasteiger partial charge in [0.15, 0.2) is 0 Å². The van der Waals surface area contributed by atoms with E-state index in [1.165, 1.54) is 4.90 Å². The van der Waals surface area contributed by atoms with Crippen molar-refractivity contribution < 1.29 is 27.4 Å². The second-order valence-electron chi connectivity index (χ2n) is 9.10. The van der Waals surface area contributed by atoms with Crippen LogP contribution in [0.3, 0.4) is 0 Å². The van der Waals surface area contributed by atoms with Gasteiger partial charge in [-0.05, 0) is 76.6 Å². The summed E-state index contributed by atoms with van der Waals surface area (Å²) < 4.78 is 49.7. The van der Waals surface area contributed by atoms with Gasteiger partial charge in [-0.15, -0.1) is 0 Å². The fourth-order valence-electron chi connectivity index (χ4n) is 3.95. The topological polar surface area (TPSA) is 50.8 Å². The Morgan fingerprint density at radius 2 is 2.03 bits per heavy atom. The lowest BCUT2D eigenvalue weighted by Crippen LogP contribution is -2.41. The van der Waals surface area contributed by atoms with Crippen molar-refractivity contribution in [2.24, 2.45) is 0 Å². The Balaban J connectivity index is 1.91. The number of ether oxygens (including phenoxy) is 2. The van der Waals surface area contributed by atoms with Gasteiger partial charge in [0.25, 0.3) is 0 Å². The van der Waals surface area contributed by atoms with Crippen LogP contribution in [0.5, 0.6) is 5.75 Å². The van der Waals surface area contributed by atoms with Gasteiger partial charge in [-0.25, -0.2) is 4.79 Å². The molecule has 2 aliphatic rings. The molecule has 1 aromatic carbocycles. The molecular formula is C22H29F3N2O3S. The molecule has 0 spiro atoms. The van der Waals surface area contributed by atoms with E-state index in [2.05, 4.69) is 5.32 Å². The standard InChI is InChI=1S/C22H29F3N2O3S/c1-13-19(31)26-16-12-15-14(11-18(16)29-13)7-5-8-17(15)27(10-6-9-22(23,24)25)20(28)30-21(2,3)4/h11-13,17H,5-10H2,1-4H3,(H,26,31)/t13-,17+/m1/s1. The number of hydrogen-bond acceptors (Lipinski definition) is 4. The summed E-state index contributed by atoms with van der Waals surface area (Å²) in [5, 5.41) is 3.17. The van der Waals surface area contributed by atoms with E-state index in [0.717, 1.165) is 24.0 Å². The fourth-order valence-corrected chi connectivity index (χ4v) is 4.11. The van der Waals surface area contributed by atoms with Crippen LogP contribution in [0.2, 0.25) is 0 Å². The van der Waals surface area contributed by atoms with Crippen LogP contribution in [0.25, 0.3) is 0 Å². The summed E-state index contributed by atoms with van der Waals surface area (Å²) in [6, 6.07) is 3.49. The molecule has 3 rings (SSSR count). The van der Waals surface area contributed by atoms with Crippen molar-refractivity contribution in [3.05, 3.63) is 23.3 Å². The molecule has 0 fully saturated rings. The Morgan fingerprint density at radius 3 is 2.68 bits per heavy atom. The molecule has 0 radical (unpaired) electrons. The first kappa shape index (κ1) is 23.6. The van der Waals surface area contributed by atoms with Gasteiger partial charge in [-0.1, -0.05) is 12.2 Å². The van der Waals surface area contributed by atoms with Gasteiger partial charge < -0.3 is 19.7 Å². The third kappa shape index (κ3) is 6.02. The summed E-state index contributed by atoms with van der Waals surface area (Å²) in [7, 11) is 0. The first-order valence-electron chi connectivity index (χ1n) is 10.5. The Morgan fingerprint density at radius 1 is 1.32 bits per heavy atom. The van der Waals surface area contributed by atoms with E-state index >= 15 is 0 Å². The maximum atomic E-state index is 13.0. The summed E-state index contributed by atoms with van der Waals surface area (Å²) in [4.78, 5) is 15.0. The summed E-state index contributed by atoms with van der Waals surface area (Å²) in [6.07, 6.45) is -3.95. The highest BCUT2D eigenvalue weighted by molar-refractivity contribution is 7.80. The molecule has 0 unspecified atom stereocenters. The third-order valence-corrected chi connectivity index (χ3v) is 5.75. The van der Waals surface area contributed by atoms with Crippen molar-refractivity contribution in [3.63, 3.8) is 0 Å². The number of nitrogens with zero attached hydrogens (tertiary/aromatic N) is 1. The second-order valence-corrected chi connectivity index (χ2v) is 9.54. The monoisotopic (exact) mass is 458 g/mol. The van der Waals surface area contributed by atoms with E-state index in [1.54, 1.807) is 20.8 Å². The number of aryl methyl sites for hydroxylation is 1. The van der Waals surface area contributed by atoms with E-state index in [9.17, 15) is 18.0 Å². The van der Waals surface area contributed by atoms with Crippen LogP contribution in [0, 0.1) is 0 Å². The van der Waals surface area contributed by atoms with Crippen LogP contribution in [-0.2, 0) is 11.2 Å². The number of benzene rings is 1. The molecule has 1 amide bonds. The zero-order chi connectivity index (χ0) is 23.0. The minimum atomic E-state index is -4.27. The van der Waals surface area contributed by atoms with Gasteiger partial charge in [-0.2, -0.15) is 13.2 Å². The largest absolute Gasteiger partial charge is 0.481 e. The summed E-state index contributed by atoms with van der Waals surface area (Å²) in [6.45, 7) is 7.06. The van der Waals surface area contributed by atoms with Crippen molar-refractivity contribution in [2.45, 2.75) is 83.7 Å². The normalized spacial score (nSPS) is 20.8. The molecule has 0 aromatic heterocycles. The molecule has 31 heavy (non-hydrogen) atoms. The number of carbonyl (C=O) groups is 1. The quantitative estimate of drug-likeness (QED) is 0.548. The van der Waals surface area contributed by atoms with E-state index < -0.39 is 24.3 Å². The van der Waals surface area contributed by atoms with Crippen LogP contribution in [-0.4, -0.2) is 40.4 Å². The summed E-state index contributed by atoms with van der Waals surface area (Å²) in [5.41, 5.74) is 1.90. The molecule has 1 aromatic rings. The number of carbonyl (C=O) groups excluding carboxylic acids is 1. The maximum Gasteiger partial charge on any atom is 0.410 e. The van der Waals surface area contributed by atoms with Gasteiger partial charge in [0, 0.05) is 13.0 Å². The van der Waals surface area contributed by atoms with Gasteiger partial charge in [0.1, 0.15) is 22.4 Å². The number of alkyl halides is 3. The van der Waals surface area contributed by atoms with Crippen LogP contribution < -0.4 is 10.1 Å². The number of thiocarbonyl (C=S) groups is 1. The van der Waals surface area contributed by atoms with Gasteiger partial charge >= 0.3 is 12.3 Å². The Hall–Kier alpha value is -2.03. The Bertz CT molecular complexity index is 852. The minimum Gasteiger partial charge on any atom is -0.481 e. The molecule has 5 nitrogen and oxygen atoms in total. The number of halogens is 3. The predicted molar refractivity (Wildman–Crippen MR) is 117 cm³/mol. The highest BCUT2D eigenvalue weighted by atomic mass is 32.1. The SMILES string of the molecule is C[C@H]1Oc2cc3c(cc2NC1=S)[C@@H](N(CCCC(F)(F)F)C(=O)OC(C)(C)C)CCC3. The predicted octanol–water partition coefficient (Wildman–Crippen LogP) is 6.16. The Kier molecular flexibility index (Phi) is 6.74. The van der Waals surface area contributed by atoms with E-state index in [0.29, 0.717) is 22.8 Å². The van der Waals surface area contributed by atoms with Crippen LogP contribution in [0.1, 0.15) is 70.5 Å². The number of nitrogens with one attached hydrogen (secondary N) is 1. The molecule has 1 heterocycles. The van der Waals surface area contributed by atoms with Crippen LogP contribution >= 0.6 is 12.2 Å². The fraction of sp³-hybridized carbons (Fsp3) is 0.636. The Labute approximate surface area is 186 Å². The molecule has 9 heteroatoms. The highest BCUT2D eigenvalue weighted by Gasteiger charge is 2.35. The van der Waals surface area contributed by atoms with Crippen molar-refractivity contribution in [1.82, 2.24) is 4.90 Å². The zero-order valence-corrected chi connectivity index (χ0v) is 19.1. The van der Waals surface area contributed by atoms with Crippen LogP contribution in [0.4, 0.5) is 23.7 Å². The van der Waals surface area contributed by atoms with Crippen LogP contribution in [0.15, 0.2) is 12.1 Å². The first-order valence-corrected chi connectivity index (χ1v) is 11.0. The number of amides is 1. The summed E-state index contributed by atoms with van der Waals surface area (Å²) >= 11 is 5.31. The minimum absolute atomic E-state index is 0.0327. The molecule has 0 saturated carbocycles. The zero-order valence-electron chi connectivity index (χ0n) is 18.3. The number of hydrogen-bond donors (Lipinski definition) is 1. The molecule has 0 saturated heterocycles.